The molecule has 4 rings (SSSR count). The average Bonchev–Trinajstić information content (AvgIpc) is 2.79. The lowest BCUT2D eigenvalue weighted by atomic mass is 9.94. The van der Waals surface area contributed by atoms with Crippen LogP contribution in [-0.4, -0.2) is 45.4 Å². The summed E-state index contributed by atoms with van der Waals surface area (Å²) in [7, 11) is 1.59. The molecule has 2 aromatic rings. The Morgan fingerprint density at radius 1 is 1.10 bits per heavy atom. The van der Waals surface area contributed by atoms with E-state index >= 15 is 0 Å². The smallest absolute Gasteiger partial charge is 0.319 e. The molecule has 1 atom stereocenters. The van der Waals surface area contributed by atoms with Crippen LogP contribution < -0.4 is 25.6 Å². The summed E-state index contributed by atoms with van der Waals surface area (Å²) < 4.78 is 10.6. The van der Waals surface area contributed by atoms with Crippen LogP contribution in [0.1, 0.15) is 18.5 Å². The first-order valence-corrected chi connectivity index (χ1v) is 10.2. The van der Waals surface area contributed by atoms with E-state index in [-0.39, 0.29) is 11.9 Å². The van der Waals surface area contributed by atoms with Crippen molar-refractivity contribution in [1.29, 1.82) is 0 Å². The second kappa shape index (κ2) is 9.09. The van der Waals surface area contributed by atoms with Gasteiger partial charge in [0, 0.05) is 30.2 Å². The summed E-state index contributed by atoms with van der Waals surface area (Å²) in [6.45, 7) is 4.85. The van der Waals surface area contributed by atoms with Gasteiger partial charge < -0.3 is 30.3 Å². The number of ether oxygens (including phenoxy) is 2. The zero-order chi connectivity index (χ0) is 21.8. The number of nitrogens with zero attached hydrogens (tertiary/aromatic N) is 1. The summed E-state index contributed by atoms with van der Waals surface area (Å²) in [5.41, 5.74) is 3.57. The van der Waals surface area contributed by atoms with Crippen molar-refractivity contribution in [3.63, 3.8) is 0 Å². The molecule has 0 aromatic heterocycles. The van der Waals surface area contributed by atoms with E-state index in [4.69, 9.17) is 9.47 Å². The number of amides is 3. The fourth-order valence-electron chi connectivity index (χ4n) is 3.82. The molecule has 31 heavy (non-hydrogen) atoms. The van der Waals surface area contributed by atoms with Gasteiger partial charge in [-0.3, -0.25) is 4.79 Å². The van der Waals surface area contributed by atoms with E-state index in [9.17, 15) is 9.59 Å². The molecule has 0 unspecified atom stereocenters. The summed E-state index contributed by atoms with van der Waals surface area (Å²) in [6, 6.07) is 14.2. The van der Waals surface area contributed by atoms with Gasteiger partial charge in [0.1, 0.15) is 5.75 Å². The van der Waals surface area contributed by atoms with E-state index in [1.807, 2.05) is 24.3 Å². The van der Waals surface area contributed by atoms with E-state index in [0.29, 0.717) is 35.9 Å². The maximum atomic E-state index is 13.1. The largest absolute Gasteiger partial charge is 0.497 e. The van der Waals surface area contributed by atoms with Gasteiger partial charge in [0.25, 0.3) is 5.91 Å². The Labute approximate surface area is 181 Å². The summed E-state index contributed by atoms with van der Waals surface area (Å²) >= 11 is 0. The van der Waals surface area contributed by atoms with Crippen LogP contribution in [-0.2, 0) is 9.53 Å². The highest BCUT2D eigenvalue weighted by molar-refractivity contribution is 6.06. The molecule has 3 N–H and O–H groups in total. The van der Waals surface area contributed by atoms with Crippen molar-refractivity contribution in [3.05, 3.63) is 65.4 Å². The van der Waals surface area contributed by atoms with Crippen molar-refractivity contribution >= 4 is 23.3 Å². The summed E-state index contributed by atoms with van der Waals surface area (Å²) in [4.78, 5) is 27.5. The molecule has 0 aliphatic carbocycles. The minimum atomic E-state index is -0.550. The normalized spacial score (nSPS) is 18.8. The third kappa shape index (κ3) is 4.64. The van der Waals surface area contributed by atoms with Gasteiger partial charge in [-0.2, -0.15) is 0 Å². The van der Waals surface area contributed by atoms with Gasteiger partial charge in [-0.25, -0.2) is 4.79 Å². The number of nitrogens with one attached hydrogen (secondary N) is 3. The molecule has 1 fully saturated rings. The number of allylic oxidation sites excluding steroid dienone is 1. The second-order valence-electron chi connectivity index (χ2n) is 7.44. The van der Waals surface area contributed by atoms with Gasteiger partial charge in [-0.05, 0) is 48.9 Å². The van der Waals surface area contributed by atoms with E-state index in [2.05, 4.69) is 20.9 Å². The highest BCUT2D eigenvalue weighted by Crippen LogP contribution is 2.29. The van der Waals surface area contributed by atoms with Crippen LogP contribution in [0.25, 0.3) is 0 Å². The van der Waals surface area contributed by atoms with Crippen molar-refractivity contribution in [2.24, 2.45) is 0 Å². The third-order valence-corrected chi connectivity index (χ3v) is 5.46. The Balaban J connectivity index is 1.56. The fourth-order valence-corrected chi connectivity index (χ4v) is 3.82. The number of anilines is 2. The van der Waals surface area contributed by atoms with Crippen LogP contribution in [0.3, 0.4) is 0 Å². The van der Waals surface area contributed by atoms with Crippen LogP contribution in [0.4, 0.5) is 16.2 Å². The fraction of sp³-hybridized carbons (Fsp3) is 0.304. The minimum absolute atomic E-state index is 0.280. The van der Waals surface area contributed by atoms with Gasteiger partial charge >= 0.3 is 6.03 Å². The summed E-state index contributed by atoms with van der Waals surface area (Å²) in [5.74, 6) is 0.427. The number of methoxy groups -OCH3 is 1. The Bertz CT molecular complexity index is 980. The molecule has 2 aromatic carbocycles. The molecule has 2 aliphatic rings. The van der Waals surface area contributed by atoms with Crippen LogP contribution in [0.15, 0.2) is 59.8 Å². The van der Waals surface area contributed by atoms with Crippen LogP contribution in [0, 0.1) is 0 Å². The topological polar surface area (TPSA) is 91.9 Å². The minimum Gasteiger partial charge on any atom is -0.497 e. The van der Waals surface area contributed by atoms with Gasteiger partial charge in [0.15, 0.2) is 0 Å². The zero-order valence-corrected chi connectivity index (χ0v) is 17.6. The number of morpholine rings is 1. The molecular weight excluding hydrogens is 396 g/mol. The Kier molecular flexibility index (Phi) is 6.08. The molecule has 8 nitrogen and oxygen atoms in total. The van der Waals surface area contributed by atoms with Gasteiger partial charge in [0.05, 0.1) is 31.9 Å². The summed E-state index contributed by atoms with van der Waals surface area (Å²) in [5, 5.41) is 8.48. The van der Waals surface area contributed by atoms with Crippen molar-refractivity contribution in [2.75, 3.05) is 43.6 Å². The maximum Gasteiger partial charge on any atom is 0.319 e. The molecule has 2 heterocycles. The lowest BCUT2D eigenvalue weighted by Crippen LogP contribution is -2.46. The van der Waals surface area contributed by atoms with Crippen molar-refractivity contribution in [1.82, 2.24) is 10.6 Å². The first kappa shape index (κ1) is 20.7. The van der Waals surface area contributed by atoms with Gasteiger partial charge in [-0.15, -0.1) is 0 Å². The molecule has 162 valence electrons. The zero-order valence-electron chi connectivity index (χ0n) is 17.6. The summed E-state index contributed by atoms with van der Waals surface area (Å²) in [6.07, 6.45) is 0. The van der Waals surface area contributed by atoms with Crippen molar-refractivity contribution in [2.45, 2.75) is 13.0 Å². The maximum absolute atomic E-state index is 13.1. The van der Waals surface area contributed by atoms with Crippen LogP contribution >= 0.6 is 0 Å². The number of carbonyl (C=O) groups is 2. The standard InChI is InChI=1S/C23H26N4O4/c1-15-20(22(28)25-17-5-9-19(30-2)10-6-17)21(26-23(29)24-15)16-3-7-18(8-4-16)27-11-13-31-14-12-27/h3-10,21H,11-14H2,1-2H3,(H,25,28)(H2,24,26,29)/t21-/m1/s1. The predicted molar refractivity (Wildman–Crippen MR) is 118 cm³/mol. The first-order valence-electron chi connectivity index (χ1n) is 10.2. The van der Waals surface area contributed by atoms with Gasteiger partial charge in [0.2, 0.25) is 0 Å². The lowest BCUT2D eigenvalue weighted by Gasteiger charge is -2.31. The highest BCUT2D eigenvalue weighted by atomic mass is 16.5. The monoisotopic (exact) mass is 422 g/mol. The van der Waals surface area contributed by atoms with Gasteiger partial charge in [-0.1, -0.05) is 12.1 Å². The molecule has 3 amide bonds. The first-order chi connectivity index (χ1) is 15.0. The van der Waals surface area contributed by atoms with Crippen molar-refractivity contribution < 1.29 is 19.1 Å². The number of hydrogen-bond acceptors (Lipinski definition) is 5. The Hall–Kier alpha value is -3.52. The molecule has 0 radical (unpaired) electrons. The number of benzene rings is 2. The molecule has 0 bridgehead atoms. The molecule has 0 saturated carbocycles. The average molecular weight is 422 g/mol. The van der Waals surface area contributed by atoms with E-state index < -0.39 is 6.04 Å². The van der Waals surface area contributed by atoms with Crippen LogP contribution in [0.5, 0.6) is 5.75 Å². The lowest BCUT2D eigenvalue weighted by molar-refractivity contribution is -0.113. The number of rotatable bonds is 5. The number of carbonyl (C=O) groups excluding carboxylic acids is 2. The quantitative estimate of drug-likeness (QED) is 0.689. The molecule has 1 saturated heterocycles. The molecular formula is C23H26N4O4. The molecule has 8 heteroatoms. The molecule has 0 spiro atoms. The second-order valence-corrected chi connectivity index (χ2v) is 7.44. The van der Waals surface area contributed by atoms with E-state index in [0.717, 1.165) is 24.3 Å². The number of urea groups is 1. The third-order valence-electron chi connectivity index (χ3n) is 5.46. The van der Waals surface area contributed by atoms with E-state index in [1.165, 1.54) is 0 Å². The SMILES string of the molecule is COc1ccc(NC(=O)C2=C(C)NC(=O)N[C@@H]2c2ccc(N3CCOCC3)cc2)cc1. The van der Waals surface area contributed by atoms with Crippen LogP contribution in [0.2, 0.25) is 0 Å². The predicted octanol–water partition coefficient (Wildman–Crippen LogP) is 2.80. The van der Waals surface area contributed by atoms with Crippen molar-refractivity contribution in [3.8, 4) is 5.75 Å². The molecule has 2 aliphatic heterocycles. The highest BCUT2D eigenvalue weighted by Gasteiger charge is 2.31. The Morgan fingerprint density at radius 2 is 1.77 bits per heavy atom. The Morgan fingerprint density at radius 3 is 2.42 bits per heavy atom. The van der Waals surface area contributed by atoms with E-state index in [1.54, 1.807) is 38.3 Å². The number of hydrogen-bond donors (Lipinski definition) is 3.